The largest absolute Gasteiger partial charge is 0.466 e. The number of carbonyl (C=O) groups is 1. The number of nitrogens with zero attached hydrogens (tertiary/aromatic N) is 2. The highest BCUT2D eigenvalue weighted by Crippen LogP contribution is 2.22. The summed E-state index contributed by atoms with van der Waals surface area (Å²) < 4.78 is 5.55. The Labute approximate surface area is 134 Å². The van der Waals surface area contributed by atoms with E-state index in [1.165, 1.54) is 0 Å². The van der Waals surface area contributed by atoms with Crippen LogP contribution in [0.15, 0.2) is 48.7 Å². The molecule has 3 aromatic rings. The summed E-state index contributed by atoms with van der Waals surface area (Å²) in [7, 11) is 0. The standard InChI is InChI=1S/C18H17N3O2/c1-12-6-5-7-13(2)17(12)20-16(22)11-23-18-15-9-4-3-8-14(15)10-19-21-18/h3-10H,11H2,1-2H3,(H,20,22). The van der Waals surface area contributed by atoms with Gasteiger partial charge in [0.15, 0.2) is 6.61 Å². The molecule has 0 saturated heterocycles. The highest BCUT2D eigenvalue weighted by molar-refractivity contribution is 5.93. The first-order chi connectivity index (χ1) is 11.1. The number of ether oxygens (including phenoxy) is 1. The van der Waals surface area contributed by atoms with Crippen molar-refractivity contribution in [2.45, 2.75) is 13.8 Å². The lowest BCUT2D eigenvalue weighted by molar-refractivity contribution is -0.118. The lowest BCUT2D eigenvalue weighted by Gasteiger charge is -2.12. The number of rotatable bonds is 4. The van der Waals surface area contributed by atoms with Crippen molar-refractivity contribution in [3.8, 4) is 5.88 Å². The van der Waals surface area contributed by atoms with Crippen LogP contribution in [0.4, 0.5) is 5.69 Å². The predicted molar refractivity (Wildman–Crippen MR) is 89.6 cm³/mol. The Morgan fingerprint density at radius 1 is 1.09 bits per heavy atom. The molecule has 2 aromatic carbocycles. The number of anilines is 1. The number of aromatic nitrogens is 2. The molecular formula is C18H17N3O2. The van der Waals surface area contributed by atoms with Crippen LogP contribution in [0.5, 0.6) is 5.88 Å². The van der Waals surface area contributed by atoms with Crippen LogP contribution in [0, 0.1) is 13.8 Å². The maximum absolute atomic E-state index is 12.1. The van der Waals surface area contributed by atoms with E-state index in [0.29, 0.717) is 5.88 Å². The molecule has 0 spiro atoms. The van der Waals surface area contributed by atoms with Crippen molar-refractivity contribution in [3.05, 3.63) is 59.8 Å². The summed E-state index contributed by atoms with van der Waals surface area (Å²) in [5, 5.41) is 12.5. The van der Waals surface area contributed by atoms with Gasteiger partial charge in [0.05, 0.1) is 6.20 Å². The second-order valence-corrected chi connectivity index (χ2v) is 5.34. The van der Waals surface area contributed by atoms with Crippen molar-refractivity contribution < 1.29 is 9.53 Å². The molecule has 5 nitrogen and oxygen atoms in total. The maximum atomic E-state index is 12.1. The van der Waals surface area contributed by atoms with Gasteiger partial charge >= 0.3 is 0 Å². The quantitative estimate of drug-likeness (QED) is 0.803. The molecule has 1 aromatic heterocycles. The number of carbonyl (C=O) groups excluding carboxylic acids is 1. The van der Waals surface area contributed by atoms with E-state index in [1.807, 2.05) is 56.3 Å². The molecule has 1 heterocycles. The molecule has 116 valence electrons. The first kappa shape index (κ1) is 15.0. The van der Waals surface area contributed by atoms with Crippen LogP contribution >= 0.6 is 0 Å². The molecule has 0 atom stereocenters. The van der Waals surface area contributed by atoms with E-state index in [1.54, 1.807) is 6.20 Å². The number of hydrogen-bond acceptors (Lipinski definition) is 4. The van der Waals surface area contributed by atoms with E-state index in [9.17, 15) is 4.79 Å². The zero-order valence-electron chi connectivity index (χ0n) is 13.0. The Balaban J connectivity index is 1.71. The van der Waals surface area contributed by atoms with Crippen molar-refractivity contribution in [2.24, 2.45) is 0 Å². The third-order valence-electron chi connectivity index (χ3n) is 3.62. The summed E-state index contributed by atoms with van der Waals surface area (Å²) in [5.41, 5.74) is 2.86. The first-order valence-corrected chi connectivity index (χ1v) is 7.34. The SMILES string of the molecule is Cc1cccc(C)c1NC(=O)COc1nncc2ccccc12. The molecular weight excluding hydrogens is 290 g/mol. The molecule has 3 rings (SSSR count). The Kier molecular flexibility index (Phi) is 4.19. The van der Waals surface area contributed by atoms with Crippen LogP contribution in [0.2, 0.25) is 0 Å². The van der Waals surface area contributed by atoms with Crippen molar-refractivity contribution >= 4 is 22.4 Å². The van der Waals surface area contributed by atoms with Gasteiger partial charge in [-0.05, 0) is 31.0 Å². The topological polar surface area (TPSA) is 64.1 Å². The number of hydrogen-bond donors (Lipinski definition) is 1. The minimum Gasteiger partial charge on any atom is -0.466 e. The number of benzene rings is 2. The van der Waals surface area contributed by atoms with E-state index >= 15 is 0 Å². The lowest BCUT2D eigenvalue weighted by Crippen LogP contribution is -2.21. The molecule has 0 saturated carbocycles. The van der Waals surface area contributed by atoms with Gasteiger partial charge in [0.1, 0.15) is 0 Å². The van der Waals surface area contributed by atoms with Crippen LogP contribution in [-0.4, -0.2) is 22.7 Å². The molecule has 0 bridgehead atoms. The van der Waals surface area contributed by atoms with Crippen molar-refractivity contribution in [1.29, 1.82) is 0 Å². The summed E-state index contributed by atoms with van der Waals surface area (Å²) in [6, 6.07) is 13.5. The first-order valence-electron chi connectivity index (χ1n) is 7.34. The molecule has 5 heteroatoms. The van der Waals surface area contributed by atoms with Gasteiger partial charge in [-0.3, -0.25) is 4.79 Å². The summed E-state index contributed by atoms with van der Waals surface area (Å²) in [5.74, 6) is 0.136. The van der Waals surface area contributed by atoms with Gasteiger partial charge in [-0.15, -0.1) is 5.10 Å². The monoisotopic (exact) mass is 307 g/mol. The fourth-order valence-electron chi connectivity index (χ4n) is 2.43. The van der Waals surface area contributed by atoms with E-state index in [2.05, 4.69) is 15.5 Å². The molecule has 0 unspecified atom stereocenters. The smallest absolute Gasteiger partial charge is 0.262 e. The summed E-state index contributed by atoms with van der Waals surface area (Å²) in [6.45, 7) is 3.80. The highest BCUT2D eigenvalue weighted by Gasteiger charge is 2.10. The Hall–Kier alpha value is -2.95. The predicted octanol–water partition coefficient (Wildman–Crippen LogP) is 3.26. The van der Waals surface area contributed by atoms with E-state index < -0.39 is 0 Å². The number of amides is 1. The van der Waals surface area contributed by atoms with Crippen molar-refractivity contribution in [2.75, 3.05) is 11.9 Å². The fourth-order valence-corrected chi connectivity index (χ4v) is 2.43. The molecule has 23 heavy (non-hydrogen) atoms. The maximum Gasteiger partial charge on any atom is 0.262 e. The van der Waals surface area contributed by atoms with Gasteiger partial charge in [0.2, 0.25) is 5.88 Å². The number of para-hydroxylation sites is 1. The molecule has 0 aliphatic heterocycles. The van der Waals surface area contributed by atoms with Crippen LogP contribution in [0.25, 0.3) is 10.8 Å². The summed E-state index contributed by atoms with van der Waals surface area (Å²) >= 11 is 0. The third-order valence-corrected chi connectivity index (χ3v) is 3.62. The van der Waals surface area contributed by atoms with Gasteiger partial charge in [0.25, 0.3) is 5.91 Å². The van der Waals surface area contributed by atoms with Crippen LogP contribution in [0.3, 0.4) is 0 Å². The second-order valence-electron chi connectivity index (χ2n) is 5.34. The minimum atomic E-state index is -0.225. The Bertz CT molecular complexity index is 836. The lowest BCUT2D eigenvalue weighted by atomic mass is 10.1. The Morgan fingerprint density at radius 2 is 1.83 bits per heavy atom. The Morgan fingerprint density at radius 3 is 2.61 bits per heavy atom. The van der Waals surface area contributed by atoms with Crippen LogP contribution in [-0.2, 0) is 4.79 Å². The van der Waals surface area contributed by atoms with Gasteiger partial charge < -0.3 is 10.1 Å². The van der Waals surface area contributed by atoms with Crippen molar-refractivity contribution in [1.82, 2.24) is 10.2 Å². The number of nitrogens with one attached hydrogen (secondary N) is 1. The normalized spacial score (nSPS) is 10.5. The van der Waals surface area contributed by atoms with Gasteiger partial charge in [-0.2, -0.15) is 5.10 Å². The average molecular weight is 307 g/mol. The number of fused-ring (bicyclic) bond motifs is 1. The molecule has 1 amide bonds. The fraction of sp³-hybridized carbons (Fsp3) is 0.167. The summed E-state index contributed by atoms with van der Waals surface area (Å²) in [4.78, 5) is 12.1. The van der Waals surface area contributed by atoms with Crippen molar-refractivity contribution in [3.63, 3.8) is 0 Å². The molecule has 0 fully saturated rings. The zero-order valence-corrected chi connectivity index (χ0v) is 13.0. The number of aryl methyl sites for hydroxylation is 2. The van der Waals surface area contributed by atoms with Crippen LogP contribution in [0.1, 0.15) is 11.1 Å². The molecule has 0 aliphatic carbocycles. The molecule has 0 aliphatic rings. The van der Waals surface area contributed by atoms with Gasteiger partial charge in [-0.25, -0.2) is 0 Å². The van der Waals surface area contributed by atoms with Crippen LogP contribution < -0.4 is 10.1 Å². The molecule has 1 N–H and O–H groups in total. The van der Waals surface area contributed by atoms with Gasteiger partial charge in [0, 0.05) is 16.5 Å². The molecule has 0 radical (unpaired) electrons. The highest BCUT2D eigenvalue weighted by atomic mass is 16.5. The average Bonchev–Trinajstić information content (AvgIpc) is 2.56. The second kappa shape index (κ2) is 6.44. The van der Waals surface area contributed by atoms with E-state index in [0.717, 1.165) is 27.6 Å². The van der Waals surface area contributed by atoms with E-state index in [4.69, 9.17) is 4.74 Å². The zero-order chi connectivity index (χ0) is 16.2. The summed E-state index contributed by atoms with van der Waals surface area (Å²) in [6.07, 6.45) is 1.67. The van der Waals surface area contributed by atoms with E-state index in [-0.39, 0.29) is 12.5 Å². The van der Waals surface area contributed by atoms with Gasteiger partial charge in [-0.1, -0.05) is 36.4 Å². The minimum absolute atomic E-state index is 0.115. The third kappa shape index (κ3) is 3.29.